The molecule has 1 unspecified atom stereocenters. The lowest BCUT2D eigenvalue weighted by atomic mass is 10.2. The zero-order chi connectivity index (χ0) is 12.2. The fraction of sp³-hybridized carbons (Fsp3) is 0.300. The summed E-state index contributed by atoms with van der Waals surface area (Å²) >= 11 is 0. The normalized spacial score (nSPS) is 13.0. The average molecular weight is 257 g/mol. The third-order valence-electron chi connectivity index (χ3n) is 1.96. The predicted octanol–water partition coefficient (Wildman–Crippen LogP) is 0.710. The van der Waals surface area contributed by atoms with Gasteiger partial charge in [0.05, 0.1) is 22.3 Å². The van der Waals surface area contributed by atoms with E-state index in [1.54, 1.807) is 0 Å². The van der Waals surface area contributed by atoms with E-state index in [-0.39, 0.29) is 16.4 Å². The lowest BCUT2D eigenvalue weighted by Crippen LogP contribution is -2.13. The zero-order valence-corrected chi connectivity index (χ0v) is 10.3. The first-order chi connectivity index (χ1) is 7.45. The van der Waals surface area contributed by atoms with Crippen LogP contribution in [0.1, 0.15) is 5.56 Å². The first-order valence-corrected chi connectivity index (χ1v) is 7.86. The summed E-state index contributed by atoms with van der Waals surface area (Å²) in [5.74, 6) is -0.0515. The van der Waals surface area contributed by atoms with E-state index < -0.39 is 20.6 Å². The van der Waals surface area contributed by atoms with Gasteiger partial charge in [-0.2, -0.15) is 5.26 Å². The van der Waals surface area contributed by atoms with Crippen LogP contribution in [0.3, 0.4) is 0 Å². The summed E-state index contributed by atoms with van der Waals surface area (Å²) in [4.78, 5) is 0.108. The monoisotopic (exact) mass is 257 g/mol. The van der Waals surface area contributed by atoms with Crippen molar-refractivity contribution in [2.24, 2.45) is 0 Å². The van der Waals surface area contributed by atoms with Crippen molar-refractivity contribution in [3.63, 3.8) is 0 Å². The number of nitriles is 1. The van der Waals surface area contributed by atoms with Crippen molar-refractivity contribution in [2.75, 3.05) is 17.8 Å². The van der Waals surface area contributed by atoms with Gasteiger partial charge >= 0.3 is 0 Å². The van der Waals surface area contributed by atoms with Crippen LogP contribution in [0.25, 0.3) is 0 Å². The molecule has 6 heteroatoms. The minimum absolute atomic E-state index is 0.108. The van der Waals surface area contributed by atoms with Gasteiger partial charge in [-0.25, -0.2) is 8.42 Å². The molecule has 1 aromatic carbocycles. The topological polar surface area (TPSA) is 75.0 Å². The first kappa shape index (κ1) is 12.9. The Morgan fingerprint density at radius 2 is 2.12 bits per heavy atom. The molecular weight excluding hydrogens is 246 g/mol. The third kappa shape index (κ3) is 3.43. The molecule has 0 saturated carbocycles. The maximum absolute atomic E-state index is 11.8. The zero-order valence-electron chi connectivity index (χ0n) is 8.71. The Kier molecular flexibility index (Phi) is 4.21. The second-order valence-corrected chi connectivity index (χ2v) is 6.90. The number of sulfone groups is 1. The molecule has 0 aliphatic rings. The molecule has 1 atom stereocenters. The molecule has 0 heterocycles. The van der Waals surface area contributed by atoms with Crippen LogP contribution in [0, 0.1) is 11.3 Å². The predicted molar refractivity (Wildman–Crippen MR) is 62.1 cm³/mol. The smallest absolute Gasteiger partial charge is 0.179 e. The number of rotatable bonds is 4. The summed E-state index contributed by atoms with van der Waals surface area (Å²) in [6.45, 7) is 0. The van der Waals surface area contributed by atoms with Gasteiger partial charge < -0.3 is 0 Å². The second-order valence-electron chi connectivity index (χ2n) is 3.24. The Balaban J connectivity index is 2.99. The van der Waals surface area contributed by atoms with E-state index in [1.165, 1.54) is 30.5 Å². The van der Waals surface area contributed by atoms with Gasteiger partial charge in [0.1, 0.15) is 0 Å². The highest BCUT2D eigenvalue weighted by Crippen LogP contribution is 2.12. The van der Waals surface area contributed by atoms with Crippen molar-refractivity contribution in [1.82, 2.24) is 0 Å². The Hall–Kier alpha value is -1.19. The van der Waals surface area contributed by atoms with Crippen LogP contribution < -0.4 is 0 Å². The summed E-state index contributed by atoms with van der Waals surface area (Å²) in [5.41, 5.74) is 0.304. The maximum atomic E-state index is 11.8. The van der Waals surface area contributed by atoms with Gasteiger partial charge in [-0.05, 0) is 18.2 Å². The van der Waals surface area contributed by atoms with Crippen LogP contribution in [0.2, 0.25) is 0 Å². The quantitative estimate of drug-likeness (QED) is 0.796. The molecule has 0 bridgehead atoms. The van der Waals surface area contributed by atoms with Crippen LogP contribution >= 0.6 is 0 Å². The lowest BCUT2D eigenvalue weighted by molar-refractivity contribution is 0.597. The summed E-state index contributed by atoms with van der Waals surface area (Å²) < 4.78 is 34.4. The standard InChI is InChI=1S/C10H11NO3S2/c1-15(12)5-6-16(13,14)10-4-2-3-9(7-10)8-11/h2-4,7H,5-6H2,1H3. The van der Waals surface area contributed by atoms with E-state index in [0.29, 0.717) is 5.56 Å². The van der Waals surface area contributed by atoms with Crippen molar-refractivity contribution >= 4 is 20.6 Å². The summed E-state index contributed by atoms with van der Waals surface area (Å²) in [6.07, 6.45) is 1.46. The van der Waals surface area contributed by atoms with Crippen molar-refractivity contribution in [3.05, 3.63) is 29.8 Å². The number of benzene rings is 1. The van der Waals surface area contributed by atoms with Gasteiger partial charge in [0.2, 0.25) is 0 Å². The molecule has 0 radical (unpaired) electrons. The number of hydrogen-bond acceptors (Lipinski definition) is 4. The van der Waals surface area contributed by atoms with E-state index in [9.17, 15) is 12.6 Å². The SMILES string of the molecule is CS(=O)CCS(=O)(=O)c1cccc(C#N)c1. The van der Waals surface area contributed by atoms with Crippen LogP contribution in [0.15, 0.2) is 29.2 Å². The van der Waals surface area contributed by atoms with E-state index in [0.717, 1.165) is 0 Å². The molecule has 16 heavy (non-hydrogen) atoms. The fourth-order valence-electron chi connectivity index (χ4n) is 1.10. The molecule has 86 valence electrons. The molecule has 1 aromatic rings. The number of nitrogens with zero attached hydrogens (tertiary/aromatic N) is 1. The van der Waals surface area contributed by atoms with Crippen LogP contribution in [0.5, 0.6) is 0 Å². The van der Waals surface area contributed by atoms with E-state index in [2.05, 4.69) is 0 Å². The molecule has 0 saturated heterocycles. The van der Waals surface area contributed by atoms with Gasteiger partial charge in [-0.3, -0.25) is 4.21 Å². The molecule has 0 aliphatic carbocycles. The summed E-state index contributed by atoms with van der Waals surface area (Å²) in [5, 5.41) is 8.65. The van der Waals surface area contributed by atoms with Crippen LogP contribution in [-0.2, 0) is 20.6 Å². The molecule has 0 aliphatic heterocycles. The van der Waals surface area contributed by atoms with E-state index in [1.807, 2.05) is 6.07 Å². The maximum Gasteiger partial charge on any atom is 0.179 e. The molecule has 0 aromatic heterocycles. The van der Waals surface area contributed by atoms with Crippen LogP contribution in [0.4, 0.5) is 0 Å². The molecule has 0 N–H and O–H groups in total. The highest BCUT2D eigenvalue weighted by molar-refractivity contribution is 7.93. The molecule has 0 spiro atoms. The van der Waals surface area contributed by atoms with Crippen molar-refractivity contribution in [1.29, 1.82) is 5.26 Å². The van der Waals surface area contributed by atoms with E-state index in [4.69, 9.17) is 5.26 Å². The van der Waals surface area contributed by atoms with Crippen molar-refractivity contribution in [2.45, 2.75) is 4.90 Å². The van der Waals surface area contributed by atoms with Gasteiger partial charge in [0, 0.05) is 22.8 Å². The second kappa shape index (κ2) is 5.23. The summed E-state index contributed by atoms with van der Waals surface area (Å²) in [6, 6.07) is 7.71. The molecule has 0 amide bonds. The van der Waals surface area contributed by atoms with Gasteiger partial charge in [0.15, 0.2) is 9.84 Å². The Labute approximate surface area is 97.3 Å². The minimum atomic E-state index is -3.43. The average Bonchev–Trinajstić information content (AvgIpc) is 2.27. The first-order valence-electron chi connectivity index (χ1n) is 4.48. The van der Waals surface area contributed by atoms with Crippen molar-refractivity contribution < 1.29 is 12.6 Å². The number of hydrogen-bond donors (Lipinski definition) is 0. The fourth-order valence-corrected chi connectivity index (χ4v) is 3.75. The summed E-state index contributed by atoms with van der Waals surface area (Å²) in [7, 11) is -4.57. The molecule has 0 fully saturated rings. The highest BCUT2D eigenvalue weighted by Gasteiger charge is 2.15. The minimum Gasteiger partial charge on any atom is -0.260 e. The Morgan fingerprint density at radius 1 is 1.44 bits per heavy atom. The third-order valence-corrected chi connectivity index (χ3v) is 4.71. The largest absolute Gasteiger partial charge is 0.260 e. The lowest BCUT2D eigenvalue weighted by Gasteiger charge is -2.03. The highest BCUT2D eigenvalue weighted by atomic mass is 32.2. The van der Waals surface area contributed by atoms with Gasteiger partial charge in [0.25, 0.3) is 0 Å². The van der Waals surface area contributed by atoms with E-state index >= 15 is 0 Å². The molecular formula is C10H11NO3S2. The Morgan fingerprint density at radius 3 is 2.69 bits per heavy atom. The molecule has 1 rings (SSSR count). The molecule has 4 nitrogen and oxygen atoms in total. The van der Waals surface area contributed by atoms with Crippen molar-refractivity contribution in [3.8, 4) is 6.07 Å². The van der Waals surface area contributed by atoms with Crippen LogP contribution in [-0.4, -0.2) is 30.4 Å². The van der Waals surface area contributed by atoms with Gasteiger partial charge in [-0.15, -0.1) is 0 Å². The Bertz CT molecular complexity index is 543. The van der Waals surface area contributed by atoms with Gasteiger partial charge in [-0.1, -0.05) is 6.07 Å².